The monoisotopic (exact) mass is 347 g/mol. The number of rotatable bonds is 9. The fourth-order valence-electron chi connectivity index (χ4n) is 3.11. The molecule has 0 unspecified atom stereocenters. The van der Waals surface area contributed by atoms with Crippen LogP contribution in [0, 0.1) is 0 Å². The zero-order valence-electron chi connectivity index (χ0n) is 16.0. The van der Waals surface area contributed by atoms with Gasteiger partial charge in [-0.2, -0.15) is 0 Å². The second kappa shape index (κ2) is 10.4. The highest BCUT2D eigenvalue weighted by Gasteiger charge is 2.13. The Hall–Kier alpha value is -1.66. The molecule has 1 aromatic heterocycles. The predicted molar refractivity (Wildman–Crippen MR) is 103 cm³/mol. The van der Waals surface area contributed by atoms with E-state index in [4.69, 9.17) is 0 Å². The molecule has 0 spiro atoms. The number of nitrogens with zero attached hydrogens (tertiary/aromatic N) is 4. The molecule has 0 bridgehead atoms. The lowest BCUT2D eigenvalue weighted by atomic mass is 10.1. The smallest absolute Gasteiger partial charge is 0.220 e. The Bertz CT molecular complexity index is 524. The average molecular weight is 348 g/mol. The van der Waals surface area contributed by atoms with Crippen LogP contribution in [0.1, 0.15) is 25.8 Å². The van der Waals surface area contributed by atoms with Crippen molar-refractivity contribution in [1.82, 2.24) is 20.1 Å². The lowest BCUT2D eigenvalue weighted by Crippen LogP contribution is -2.46. The molecule has 6 heteroatoms. The van der Waals surface area contributed by atoms with Crippen molar-refractivity contribution in [3.8, 4) is 0 Å². The van der Waals surface area contributed by atoms with Gasteiger partial charge < -0.3 is 15.1 Å². The Kier molecular flexibility index (Phi) is 8.15. The van der Waals surface area contributed by atoms with Gasteiger partial charge in [0, 0.05) is 65.0 Å². The van der Waals surface area contributed by atoms with Crippen molar-refractivity contribution in [2.75, 3.05) is 64.3 Å². The molecule has 1 aromatic rings. The highest BCUT2D eigenvalue weighted by Crippen LogP contribution is 2.13. The molecule has 0 atom stereocenters. The Balaban J connectivity index is 1.68. The SMILES string of the molecule is CCN(CC)c1cc(CCC(=O)NCCN2CCN(C)CC2)ccn1. The van der Waals surface area contributed by atoms with E-state index in [-0.39, 0.29) is 5.91 Å². The first-order valence-corrected chi connectivity index (χ1v) is 9.49. The quantitative estimate of drug-likeness (QED) is 0.728. The highest BCUT2D eigenvalue weighted by molar-refractivity contribution is 5.76. The van der Waals surface area contributed by atoms with Crippen LogP contribution in [0.4, 0.5) is 5.82 Å². The summed E-state index contributed by atoms with van der Waals surface area (Å²) in [6.45, 7) is 12.3. The second-order valence-electron chi connectivity index (χ2n) is 6.69. The van der Waals surface area contributed by atoms with Crippen LogP contribution in [0.5, 0.6) is 0 Å². The molecule has 2 heterocycles. The molecule has 1 N–H and O–H groups in total. The van der Waals surface area contributed by atoms with Gasteiger partial charge in [-0.15, -0.1) is 0 Å². The van der Waals surface area contributed by atoms with E-state index in [1.54, 1.807) is 0 Å². The summed E-state index contributed by atoms with van der Waals surface area (Å²) >= 11 is 0. The van der Waals surface area contributed by atoms with Crippen molar-refractivity contribution in [3.05, 3.63) is 23.9 Å². The Morgan fingerprint density at radius 2 is 1.96 bits per heavy atom. The molecule has 1 fully saturated rings. The standard InChI is InChI=1S/C19H33N5O/c1-4-24(5-2)18-16-17(8-9-20-18)6-7-19(25)21-10-11-23-14-12-22(3)13-15-23/h8-9,16H,4-7,10-15H2,1-3H3,(H,21,25). The van der Waals surface area contributed by atoms with Crippen molar-refractivity contribution in [1.29, 1.82) is 0 Å². The number of aryl methyl sites for hydroxylation is 1. The first kappa shape index (κ1) is 19.7. The van der Waals surface area contributed by atoms with Crippen LogP contribution in [0.2, 0.25) is 0 Å². The summed E-state index contributed by atoms with van der Waals surface area (Å²) in [5, 5.41) is 3.05. The van der Waals surface area contributed by atoms with Gasteiger partial charge >= 0.3 is 0 Å². The maximum Gasteiger partial charge on any atom is 0.220 e. The molecule has 1 aliphatic heterocycles. The lowest BCUT2D eigenvalue weighted by molar-refractivity contribution is -0.121. The third-order valence-electron chi connectivity index (χ3n) is 4.88. The number of likely N-dealkylation sites (N-methyl/N-ethyl adjacent to an activating group) is 1. The summed E-state index contributed by atoms with van der Waals surface area (Å²) in [4.78, 5) is 23.5. The van der Waals surface area contributed by atoms with Crippen molar-refractivity contribution in [3.63, 3.8) is 0 Å². The number of anilines is 1. The Morgan fingerprint density at radius 3 is 2.64 bits per heavy atom. The largest absolute Gasteiger partial charge is 0.357 e. The van der Waals surface area contributed by atoms with Gasteiger partial charge in [0.2, 0.25) is 5.91 Å². The fraction of sp³-hybridized carbons (Fsp3) is 0.684. The molecule has 0 radical (unpaired) electrons. The molecule has 6 nitrogen and oxygen atoms in total. The lowest BCUT2D eigenvalue weighted by Gasteiger charge is -2.32. The minimum Gasteiger partial charge on any atom is -0.357 e. The Morgan fingerprint density at radius 1 is 1.24 bits per heavy atom. The van der Waals surface area contributed by atoms with E-state index in [1.165, 1.54) is 5.56 Å². The fourth-order valence-corrected chi connectivity index (χ4v) is 3.11. The number of carbonyl (C=O) groups is 1. The predicted octanol–water partition coefficient (Wildman–Crippen LogP) is 1.22. The maximum absolute atomic E-state index is 12.1. The molecule has 140 valence electrons. The van der Waals surface area contributed by atoms with Gasteiger partial charge in [0.1, 0.15) is 5.82 Å². The van der Waals surface area contributed by atoms with Crippen LogP contribution >= 0.6 is 0 Å². The van der Waals surface area contributed by atoms with Crippen molar-refractivity contribution in [2.45, 2.75) is 26.7 Å². The summed E-state index contributed by atoms with van der Waals surface area (Å²) < 4.78 is 0. The first-order valence-electron chi connectivity index (χ1n) is 9.49. The number of pyridine rings is 1. The van der Waals surface area contributed by atoms with Crippen LogP contribution < -0.4 is 10.2 Å². The molecular weight excluding hydrogens is 314 g/mol. The minimum absolute atomic E-state index is 0.135. The number of hydrogen-bond acceptors (Lipinski definition) is 5. The van der Waals surface area contributed by atoms with Gasteiger partial charge in [0.05, 0.1) is 0 Å². The van der Waals surface area contributed by atoms with Gasteiger partial charge in [-0.1, -0.05) is 0 Å². The summed E-state index contributed by atoms with van der Waals surface area (Å²) in [6, 6.07) is 4.11. The van der Waals surface area contributed by atoms with Gasteiger partial charge in [0.25, 0.3) is 0 Å². The first-order chi connectivity index (χ1) is 12.1. The molecule has 1 amide bonds. The van der Waals surface area contributed by atoms with E-state index in [0.29, 0.717) is 6.42 Å². The molecular formula is C19H33N5O. The summed E-state index contributed by atoms with van der Waals surface area (Å²) in [5.41, 5.74) is 1.17. The van der Waals surface area contributed by atoms with Crippen LogP contribution in [0.25, 0.3) is 0 Å². The number of hydrogen-bond donors (Lipinski definition) is 1. The van der Waals surface area contributed by atoms with Crippen LogP contribution in [0.15, 0.2) is 18.3 Å². The van der Waals surface area contributed by atoms with Gasteiger partial charge in [-0.3, -0.25) is 9.69 Å². The van der Waals surface area contributed by atoms with Crippen molar-refractivity contribution >= 4 is 11.7 Å². The second-order valence-corrected chi connectivity index (χ2v) is 6.69. The molecule has 0 aliphatic carbocycles. The maximum atomic E-state index is 12.1. The Labute approximate surface area is 152 Å². The van der Waals surface area contributed by atoms with Gasteiger partial charge in [-0.25, -0.2) is 4.98 Å². The van der Waals surface area contributed by atoms with Crippen molar-refractivity contribution < 1.29 is 4.79 Å². The number of nitrogens with one attached hydrogen (secondary N) is 1. The van der Waals surface area contributed by atoms with E-state index in [1.807, 2.05) is 12.3 Å². The van der Waals surface area contributed by atoms with E-state index < -0.39 is 0 Å². The normalized spacial score (nSPS) is 16.0. The van der Waals surface area contributed by atoms with E-state index in [2.05, 4.69) is 52.0 Å². The molecule has 1 aliphatic rings. The third-order valence-corrected chi connectivity index (χ3v) is 4.88. The number of piperazine rings is 1. The molecule has 25 heavy (non-hydrogen) atoms. The third kappa shape index (κ3) is 6.63. The zero-order chi connectivity index (χ0) is 18.1. The summed E-state index contributed by atoms with van der Waals surface area (Å²) in [6.07, 6.45) is 3.13. The van der Waals surface area contributed by atoms with Gasteiger partial charge in [-0.05, 0) is 45.0 Å². The number of amides is 1. The molecule has 0 saturated carbocycles. The van der Waals surface area contributed by atoms with Crippen LogP contribution in [-0.2, 0) is 11.2 Å². The van der Waals surface area contributed by atoms with Crippen molar-refractivity contribution in [2.24, 2.45) is 0 Å². The average Bonchev–Trinajstić information content (AvgIpc) is 2.63. The molecule has 0 aromatic carbocycles. The topological polar surface area (TPSA) is 51.7 Å². The number of carbonyl (C=O) groups excluding carboxylic acids is 1. The van der Waals surface area contributed by atoms with Crippen LogP contribution in [0.3, 0.4) is 0 Å². The van der Waals surface area contributed by atoms with Crippen LogP contribution in [-0.4, -0.2) is 80.1 Å². The van der Waals surface area contributed by atoms with Gasteiger partial charge in [0.15, 0.2) is 0 Å². The highest BCUT2D eigenvalue weighted by atomic mass is 16.1. The zero-order valence-corrected chi connectivity index (χ0v) is 16.0. The molecule has 2 rings (SSSR count). The van der Waals surface area contributed by atoms with E-state index in [9.17, 15) is 4.79 Å². The minimum atomic E-state index is 0.135. The summed E-state index contributed by atoms with van der Waals surface area (Å²) in [5.74, 6) is 1.13. The number of aromatic nitrogens is 1. The van der Waals surface area contributed by atoms with E-state index >= 15 is 0 Å². The molecule has 1 saturated heterocycles. The van der Waals surface area contributed by atoms with E-state index in [0.717, 1.165) is 64.6 Å². The summed E-state index contributed by atoms with van der Waals surface area (Å²) in [7, 11) is 2.16.